The lowest BCUT2D eigenvalue weighted by Crippen LogP contribution is -2.48. The van der Waals surface area contributed by atoms with Crippen molar-refractivity contribution in [3.63, 3.8) is 0 Å². The van der Waals surface area contributed by atoms with Crippen molar-refractivity contribution in [1.29, 1.82) is 0 Å². The van der Waals surface area contributed by atoms with Crippen molar-refractivity contribution < 1.29 is 14.6 Å². The average molecular weight is 270 g/mol. The highest BCUT2D eigenvalue weighted by molar-refractivity contribution is 5.78. The number of methoxy groups -OCH3 is 1. The molecule has 2 saturated heterocycles. The highest BCUT2D eigenvalue weighted by Gasteiger charge is 2.34. The van der Waals surface area contributed by atoms with E-state index in [1.54, 1.807) is 7.11 Å². The van der Waals surface area contributed by atoms with Crippen LogP contribution in [0.5, 0.6) is 0 Å². The van der Waals surface area contributed by atoms with Crippen molar-refractivity contribution in [2.45, 2.75) is 50.8 Å². The SMILES string of the molecule is CO[C@@H]1C[C@@H](CO)N(CC(=O)N2CCCCC2C)C1. The molecule has 3 atom stereocenters. The highest BCUT2D eigenvalue weighted by atomic mass is 16.5. The zero-order valence-electron chi connectivity index (χ0n) is 12.0. The van der Waals surface area contributed by atoms with Gasteiger partial charge >= 0.3 is 0 Å². The summed E-state index contributed by atoms with van der Waals surface area (Å²) in [5.74, 6) is 0.197. The molecule has 2 fully saturated rings. The summed E-state index contributed by atoms with van der Waals surface area (Å²) in [5.41, 5.74) is 0. The first kappa shape index (κ1) is 14.8. The van der Waals surface area contributed by atoms with Gasteiger partial charge in [-0.15, -0.1) is 0 Å². The van der Waals surface area contributed by atoms with Crippen LogP contribution in [0.3, 0.4) is 0 Å². The van der Waals surface area contributed by atoms with Crippen LogP contribution < -0.4 is 0 Å². The van der Waals surface area contributed by atoms with Crippen LogP contribution in [0.2, 0.25) is 0 Å². The molecule has 0 aromatic carbocycles. The number of aliphatic hydroxyl groups excluding tert-OH is 1. The minimum atomic E-state index is 0.0639. The number of hydrogen-bond acceptors (Lipinski definition) is 4. The zero-order chi connectivity index (χ0) is 13.8. The fraction of sp³-hybridized carbons (Fsp3) is 0.929. The number of nitrogens with zero attached hydrogens (tertiary/aromatic N) is 2. The van der Waals surface area contributed by atoms with E-state index in [2.05, 4.69) is 11.8 Å². The lowest BCUT2D eigenvalue weighted by molar-refractivity contribution is -0.136. The van der Waals surface area contributed by atoms with E-state index < -0.39 is 0 Å². The number of hydrogen-bond donors (Lipinski definition) is 1. The Kier molecular flexibility index (Phi) is 5.19. The topological polar surface area (TPSA) is 53.0 Å². The first-order chi connectivity index (χ1) is 9.15. The molecule has 19 heavy (non-hydrogen) atoms. The molecular formula is C14H26N2O3. The summed E-state index contributed by atoms with van der Waals surface area (Å²) >= 11 is 0. The number of rotatable bonds is 4. The number of piperidine rings is 1. The van der Waals surface area contributed by atoms with Crippen molar-refractivity contribution >= 4 is 5.91 Å². The third-order valence-electron chi connectivity index (χ3n) is 4.50. The second-order valence-corrected chi connectivity index (χ2v) is 5.79. The minimum Gasteiger partial charge on any atom is -0.395 e. The summed E-state index contributed by atoms with van der Waals surface area (Å²) in [6.07, 6.45) is 4.40. The third kappa shape index (κ3) is 3.46. The quantitative estimate of drug-likeness (QED) is 0.807. The molecule has 1 N–H and O–H groups in total. The van der Waals surface area contributed by atoms with Gasteiger partial charge in [0.25, 0.3) is 0 Å². The van der Waals surface area contributed by atoms with Crippen LogP contribution in [0.1, 0.15) is 32.6 Å². The van der Waals surface area contributed by atoms with Gasteiger partial charge in [-0.25, -0.2) is 0 Å². The van der Waals surface area contributed by atoms with Gasteiger partial charge in [-0.3, -0.25) is 9.69 Å². The molecule has 0 radical (unpaired) electrons. The van der Waals surface area contributed by atoms with Gasteiger partial charge in [-0.2, -0.15) is 0 Å². The van der Waals surface area contributed by atoms with E-state index in [9.17, 15) is 9.90 Å². The summed E-state index contributed by atoms with van der Waals surface area (Å²) in [6.45, 7) is 4.27. The Morgan fingerprint density at radius 3 is 2.84 bits per heavy atom. The van der Waals surface area contributed by atoms with E-state index in [4.69, 9.17) is 4.74 Å². The molecule has 2 heterocycles. The van der Waals surface area contributed by atoms with Crippen LogP contribution in [-0.4, -0.2) is 72.4 Å². The predicted molar refractivity (Wildman–Crippen MR) is 72.9 cm³/mol. The monoisotopic (exact) mass is 270 g/mol. The lowest BCUT2D eigenvalue weighted by Gasteiger charge is -2.35. The van der Waals surface area contributed by atoms with Gasteiger partial charge in [0.15, 0.2) is 0 Å². The Morgan fingerprint density at radius 2 is 2.21 bits per heavy atom. The summed E-state index contributed by atoms with van der Waals surface area (Å²) in [7, 11) is 1.69. The van der Waals surface area contributed by atoms with Crippen LogP contribution in [0.15, 0.2) is 0 Å². The molecule has 2 aliphatic heterocycles. The fourth-order valence-electron chi connectivity index (χ4n) is 3.23. The van der Waals surface area contributed by atoms with E-state index in [1.165, 1.54) is 6.42 Å². The predicted octanol–water partition coefficient (Wildman–Crippen LogP) is 0.469. The van der Waals surface area contributed by atoms with E-state index in [-0.39, 0.29) is 24.7 Å². The van der Waals surface area contributed by atoms with Gasteiger partial charge in [0.2, 0.25) is 5.91 Å². The van der Waals surface area contributed by atoms with Crippen LogP contribution >= 0.6 is 0 Å². The normalized spacial score (nSPS) is 32.8. The van der Waals surface area contributed by atoms with Crippen LogP contribution in [0, 0.1) is 0 Å². The Morgan fingerprint density at radius 1 is 1.42 bits per heavy atom. The molecule has 0 spiro atoms. The van der Waals surface area contributed by atoms with Crippen LogP contribution in [-0.2, 0) is 9.53 Å². The van der Waals surface area contributed by atoms with Gasteiger partial charge in [0, 0.05) is 32.3 Å². The minimum absolute atomic E-state index is 0.0639. The molecule has 0 bridgehead atoms. The van der Waals surface area contributed by atoms with E-state index in [1.807, 2.05) is 4.90 Å². The standard InChI is InChI=1S/C14H26N2O3/c1-11-5-3-4-6-16(11)14(18)9-15-8-13(19-2)7-12(15)10-17/h11-13,17H,3-10H2,1-2H3/t11?,12-,13+/m0/s1. The van der Waals surface area contributed by atoms with Crippen LogP contribution in [0.4, 0.5) is 0 Å². The first-order valence-corrected chi connectivity index (χ1v) is 7.33. The molecule has 2 aliphatic rings. The van der Waals surface area contributed by atoms with E-state index >= 15 is 0 Å². The van der Waals surface area contributed by atoms with Crippen molar-refractivity contribution in [3.05, 3.63) is 0 Å². The maximum atomic E-state index is 12.4. The van der Waals surface area contributed by atoms with Gasteiger partial charge in [-0.1, -0.05) is 0 Å². The van der Waals surface area contributed by atoms with Crippen LogP contribution in [0.25, 0.3) is 0 Å². The van der Waals surface area contributed by atoms with Gasteiger partial charge in [0.1, 0.15) is 0 Å². The van der Waals surface area contributed by atoms with Gasteiger partial charge in [0.05, 0.1) is 19.3 Å². The molecule has 0 aromatic heterocycles. The molecule has 0 aromatic rings. The number of carbonyl (C=O) groups excluding carboxylic acids is 1. The zero-order valence-corrected chi connectivity index (χ0v) is 12.0. The number of amides is 1. The molecule has 1 amide bonds. The Labute approximate surface area is 115 Å². The van der Waals surface area contributed by atoms with Gasteiger partial charge < -0.3 is 14.7 Å². The van der Waals surface area contributed by atoms with Crippen molar-refractivity contribution in [2.75, 3.05) is 33.4 Å². The highest BCUT2D eigenvalue weighted by Crippen LogP contribution is 2.21. The molecule has 5 nitrogen and oxygen atoms in total. The van der Waals surface area contributed by atoms with Crippen molar-refractivity contribution in [3.8, 4) is 0 Å². The number of likely N-dealkylation sites (tertiary alicyclic amines) is 2. The molecule has 1 unspecified atom stereocenters. The fourth-order valence-corrected chi connectivity index (χ4v) is 3.23. The maximum Gasteiger partial charge on any atom is 0.237 e. The summed E-state index contributed by atoms with van der Waals surface area (Å²) in [6, 6.07) is 0.420. The molecular weight excluding hydrogens is 244 g/mol. The second-order valence-electron chi connectivity index (χ2n) is 5.79. The second kappa shape index (κ2) is 6.68. The number of aliphatic hydroxyl groups is 1. The molecule has 2 rings (SSSR count). The summed E-state index contributed by atoms with van der Waals surface area (Å²) < 4.78 is 5.34. The molecule has 5 heteroatoms. The van der Waals surface area contributed by atoms with E-state index in [0.29, 0.717) is 12.6 Å². The smallest absolute Gasteiger partial charge is 0.237 e. The Bertz CT molecular complexity index is 311. The number of ether oxygens (including phenoxy) is 1. The Balaban J connectivity index is 1.90. The largest absolute Gasteiger partial charge is 0.395 e. The van der Waals surface area contributed by atoms with Crippen molar-refractivity contribution in [1.82, 2.24) is 9.80 Å². The lowest BCUT2D eigenvalue weighted by atomic mass is 10.0. The number of carbonyl (C=O) groups is 1. The Hall–Kier alpha value is -0.650. The molecule has 0 aliphatic carbocycles. The average Bonchev–Trinajstić information content (AvgIpc) is 2.81. The summed E-state index contributed by atoms with van der Waals surface area (Å²) in [4.78, 5) is 16.4. The van der Waals surface area contributed by atoms with Gasteiger partial charge in [-0.05, 0) is 32.6 Å². The maximum absolute atomic E-state index is 12.4. The summed E-state index contributed by atoms with van der Waals surface area (Å²) in [5, 5.41) is 9.40. The first-order valence-electron chi connectivity index (χ1n) is 7.33. The molecule has 110 valence electrons. The third-order valence-corrected chi connectivity index (χ3v) is 4.50. The molecule has 0 saturated carbocycles. The van der Waals surface area contributed by atoms with E-state index in [0.717, 1.165) is 32.4 Å². The van der Waals surface area contributed by atoms with Crippen molar-refractivity contribution in [2.24, 2.45) is 0 Å².